The molecule has 4 aliphatic carbocycles. The average Bonchev–Trinajstić information content (AvgIpc) is 4.04. The van der Waals surface area contributed by atoms with Crippen molar-refractivity contribution in [1.82, 2.24) is 0 Å². The first kappa shape index (κ1) is 52.7. The van der Waals surface area contributed by atoms with Gasteiger partial charge in [-0.2, -0.15) is 0 Å². The van der Waals surface area contributed by atoms with Crippen LogP contribution in [0, 0.1) is 48.3 Å². The van der Waals surface area contributed by atoms with E-state index in [1.807, 2.05) is 48.5 Å². The number of Topliss-reactive ketones (excluding diaryl/α,β-unsaturated/α-hetero) is 2. The number of rotatable bonds is 7. The van der Waals surface area contributed by atoms with E-state index in [1.165, 1.54) is 11.1 Å². The molecule has 6 aliphatic rings. The summed E-state index contributed by atoms with van der Waals surface area (Å²) in [6, 6.07) is 8.61. The summed E-state index contributed by atoms with van der Waals surface area (Å²) >= 11 is 5.11. The second-order valence-corrected chi connectivity index (χ2v) is 23.3. The maximum atomic E-state index is 14.0. The van der Waals surface area contributed by atoms with Crippen LogP contribution in [0.4, 0.5) is 0 Å². The molecule has 8 rings (SSSR count). The lowest BCUT2D eigenvalue weighted by molar-refractivity contribution is -0.161. The Kier molecular flexibility index (Phi) is 14.9. The Morgan fingerprint density at radius 1 is 0.627 bits per heavy atom. The zero-order valence-corrected chi connectivity index (χ0v) is 43.9. The molecule has 2 saturated heterocycles. The number of ketones is 2. The van der Waals surface area contributed by atoms with Crippen LogP contribution in [0.5, 0.6) is 0 Å². The number of esters is 1. The van der Waals surface area contributed by atoms with Crippen LogP contribution in [0.1, 0.15) is 167 Å². The molecule has 2 aromatic rings. The topological polar surface area (TPSA) is 135 Å². The number of hydrogen-bond donors (Lipinski definition) is 1. The molecule has 2 spiro atoms. The predicted molar refractivity (Wildman–Crippen MR) is 262 cm³/mol. The average molecular weight is 946 g/mol. The van der Waals surface area contributed by atoms with Crippen molar-refractivity contribution < 1.29 is 48.0 Å². The minimum atomic E-state index is -0.668. The van der Waals surface area contributed by atoms with Crippen LogP contribution < -0.4 is 0 Å². The zero-order valence-electron chi connectivity index (χ0n) is 43.2. The Balaban J connectivity index is 0.000000196. The maximum Gasteiger partial charge on any atom is 0.316 e. The quantitative estimate of drug-likeness (QED) is 0.211. The number of fused-ring (bicyclic) bond motifs is 2. The lowest BCUT2D eigenvalue weighted by Gasteiger charge is -2.26. The molecule has 0 aromatic heterocycles. The van der Waals surface area contributed by atoms with Gasteiger partial charge in [-0.05, 0) is 159 Å². The third-order valence-corrected chi connectivity index (χ3v) is 14.9. The lowest BCUT2D eigenvalue weighted by atomic mass is 9.86. The molecule has 4 fully saturated rings. The van der Waals surface area contributed by atoms with Crippen LogP contribution >= 0.6 is 11.6 Å². The first-order chi connectivity index (χ1) is 30.9. The van der Waals surface area contributed by atoms with Gasteiger partial charge in [0.25, 0.3) is 0 Å². The number of aryl methyl sites for hydroxylation is 6. The van der Waals surface area contributed by atoms with Gasteiger partial charge >= 0.3 is 5.97 Å². The van der Waals surface area contributed by atoms with Crippen molar-refractivity contribution in [3.63, 3.8) is 0 Å². The largest absolute Gasteiger partial charge is 0.511 e. The molecule has 2 aliphatic heterocycles. The Labute approximate surface area is 404 Å². The van der Waals surface area contributed by atoms with E-state index in [4.69, 9.17) is 35.3 Å². The first-order valence-electron chi connectivity index (χ1n) is 24.6. The van der Waals surface area contributed by atoms with Gasteiger partial charge in [-0.1, -0.05) is 83.9 Å². The number of allylic oxidation sites excluding steroid dienone is 4. The van der Waals surface area contributed by atoms with Crippen LogP contribution in [0.2, 0.25) is 0 Å². The Morgan fingerprint density at radius 2 is 0.970 bits per heavy atom. The van der Waals surface area contributed by atoms with Crippen molar-refractivity contribution in [3.8, 4) is 0 Å². The number of ether oxygens (including phenoxy) is 5. The molecule has 368 valence electrons. The van der Waals surface area contributed by atoms with Gasteiger partial charge in [-0.15, -0.1) is 0 Å². The van der Waals surface area contributed by atoms with Crippen LogP contribution in [0.3, 0.4) is 0 Å². The van der Waals surface area contributed by atoms with E-state index < -0.39 is 28.2 Å². The van der Waals surface area contributed by atoms with Crippen molar-refractivity contribution in [2.45, 2.75) is 185 Å². The molecule has 0 bridgehead atoms. The fourth-order valence-corrected chi connectivity index (χ4v) is 11.1. The summed E-state index contributed by atoms with van der Waals surface area (Å²) < 4.78 is 30.3. The van der Waals surface area contributed by atoms with E-state index in [-0.39, 0.29) is 57.6 Å². The third kappa shape index (κ3) is 10.6. The van der Waals surface area contributed by atoms with E-state index >= 15 is 0 Å². The van der Waals surface area contributed by atoms with Crippen molar-refractivity contribution >= 4 is 45.5 Å². The molecular formula is C56H77ClO10. The van der Waals surface area contributed by atoms with E-state index in [0.29, 0.717) is 55.8 Å². The highest BCUT2D eigenvalue weighted by Crippen LogP contribution is 2.58. The minimum absolute atomic E-state index is 0.0788. The van der Waals surface area contributed by atoms with E-state index in [2.05, 4.69) is 65.8 Å². The van der Waals surface area contributed by atoms with Crippen LogP contribution in [-0.4, -0.2) is 63.9 Å². The molecule has 6 unspecified atom stereocenters. The van der Waals surface area contributed by atoms with Crippen molar-refractivity contribution in [2.75, 3.05) is 13.2 Å². The molecular weight excluding hydrogens is 868 g/mol. The van der Waals surface area contributed by atoms with Gasteiger partial charge in [0.15, 0.2) is 23.1 Å². The van der Waals surface area contributed by atoms with E-state index in [0.717, 1.165) is 59.1 Å². The summed E-state index contributed by atoms with van der Waals surface area (Å²) in [4.78, 5) is 50.7. The summed E-state index contributed by atoms with van der Waals surface area (Å²) in [6.07, 6.45) is 5.81. The second kappa shape index (κ2) is 18.9. The summed E-state index contributed by atoms with van der Waals surface area (Å²) in [6.45, 7) is 32.1. The normalized spacial score (nSPS) is 28.2. The van der Waals surface area contributed by atoms with Crippen molar-refractivity contribution in [1.29, 1.82) is 0 Å². The summed E-state index contributed by atoms with van der Waals surface area (Å²) in [5.74, 6) is -1.41. The smallest absolute Gasteiger partial charge is 0.316 e. The Bertz CT molecular complexity index is 2320. The fourth-order valence-electron chi connectivity index (χ4n) is 11.1. The molecule has 2 saturated carbocycles. The number of aliphatic hydroxyl groups excluding tert-OH is 1. The molecule has 0 amide bonds. The SMILES string of the molecule is CC(C)(C)C(=O)Cl.CCc1cc(C)cc(CC)c1C1=C(O)C2CC3(COC(C)(C)O3)CC2C1=O.CCc1cc(C)cc(CC)c1C1=C(OC(=O)C(C)(C)C)C2CC3(COC(C)(C)O3)CC2C1=O. The molecule has 2 heterocycles. The molecule has 1 N–H and O–H groups in total. The summed E-state index contributed by atoms with van der Waals surface area (Å²) in [5, 5.41) is 10.8. The van der Waals surface area contributed by atoms with Gasteiger partial charge in [0, 0.05) is 29.1 Å². The molecule has 2 aromatic carbocycles. The van der Waals surface area contributed by atoms with Crippen LogP contribution in [-0.2, 0) is 68.5 Å². The van der Waals surface area contributed by atoms with E-state index in [1.54, 1.807) is 20.8 Å². The van der Waals surface area contributed by atoms with Gasteiger partial charge in [0.2, 0.25) is 5.24 Å². The Morgan fingerprint density at radius 3 is 1.30 bits per heavy atom. The molecule has 10 nitrogen and oxygen atoms in total. The standard InChI is InChI=1S/C28H38O5.C23H30O4.C5H9ClO/c1-9-17-11-16(3)12-18(10-2)21(17)22-23(29)19-13-28(15-31-27(7,8)33-28)14-20(19)24(22)32-25(30)26(4,5)6;1-6-14-8-13(3)9-15(7-2)18(14)19-20(24)16-10-23(11-17(16)21(19)25)12-26-22(4,5)27-23;1-5(2,3)4(6)7/h11-12,19-20H,9-10,13-15H2,1-8H3;8-9,16-17,24H,6-7,10-12H2,1-5H3;1-3H3. The van der Waals surface area contributed by atoms with Gasteiger partial charge in [-0.25, -0.2) is 0 Å². The van der Waals surface area contributed by atoms with Gasteiger partial charge in [-0.3, -0.25) is 19.2 Å². The number of halogens is 1. The minimum Gasteiger partial charge on any atom is -0.511 e. The number of aliphatic hydroxyl groups is 1. The number of carbonyl (C=O) groups excluding carboxylic acids is 4. The highest BCUT2D eigenvalue weighted by Gasteiger charge is 2.62. The third-order valence-electron chi connectivity index (χ3n) is 14.3. The lowest BCUT2D eigenvalue weighted by Crippen LogP contribution is -2.33. The molecule has 6 atom stereocenters. The fraction of sp³-hybridized carbons (Fsp3) is 0.643. The monoisotopic (exact) mass is 945 g/mol. The zero-order chi connectivity index (χ0) is 50.0. The van der Waals surface area contributed by atoms with Crippen molar-refractivity contribution in [3.05, 3.63) is 80.3 Å². The highest BCUT2D eigenvalue weighted by atomic mass is 35.5. The van der Waals surface area contributed by atoms with Crippen molar-refractivity contribution in [2.24, 2.45) is 34.5 Å². The maximum absolute atomic E-state index is 14.0. The Hall–Kier alpha value is -3.67. The number of benzene rings is 2. The van der Waals surface area contributed by atoms with Crippen LogP contribution in [0.25, 0.3) is 11.1 Å². The van der Waals surface area contributed by atoms with Crippen LogP contribution in [0.15, 0.2) is 35.8 Å². The summed E-state index contributed by atoms with van der Waals surface area (Å²) in [7, 11) is 0. The first-order valence-corrected chi connectivity index (χ1v) is 24.9. The second-order valence-electron chi connectivity index (χ2n) is 22.9. The number of carbonyl (C=O) groups is 4. The molecule has 11 heteroatoms. The highest BCUT2D eigenvalue weighted by molar-refractivity contribution is 6.64. The van der Waals surface area contributed by atoms with Gasteiger partial charge in [0.05, 0.1) is 41.0 Å². The van der Waals surface area contributed by atoms with E-state index in [9.17, 15) is 24.3 Å². The van der Waals surface area contributed by atoms with Gasteiger partial charge < -0.3 is 28.8 Å². The van der Waals surface area contributed by atoms with Gasteiger partial charge in [0.1, 0.15) is 11.5 Å². The number of hydrogen-bond acceptors (Lipinski definition) is 10. The summed E-state index contributed by atoms with van der Waals surface area (Å²) in [5.41, 5.74) is 8.09. The molecule has 0 radical (unpaired) electrons. The predicted octanol–water partition coefficient (Wildman–Crippen LogP) is 11.9. The molecule has 67 heavy (non-hydrogen) atoms.